The summed E-state index contributed by atoms with van der Waals surface area (Å²) in [5, 5.41) is 3.00. The van der Waals surface area contributed by atoms with E-state index in [2.05, 4.69) is 33.0 Å². The van der Waals surface area contributed by atoms with Crippen molar-refractivity contribution in [3.63, 3.8) is 0 Å². The Morgan fingerprint density at radius 1 is 1.04 bits per heavy atom. The fourth-order valence-electron chi connectivity index (χ4n) is 3.39. The van der Waals surface area contributed by atoms with Crippen LogP contribution in [0, 0.1) is 0 Å². The van der Waals surface area contributed by atoms with E-state index in [9.17, 15) is 13.2 Å². The molecule has 0 bridgehead atoms. The number of nitrogens with zero attached hydrogens (tertiary/aromatic N) is 1. The first-order chi connectivity index (χ1) is 12.2. The van der Waals surface area contributed by atoms with Crippen LogP contribution in [0.1, 0.15) is 76.3 Å². The molecule has 1 aromatic rings. The van der Waals surface area contributed by atoms with Crippen LogP contribution in [0.4, 0.5) is 5.69 Å². The number of nitrogens with one attached hydrogen (secondary N) is 1. The molecular formula is C20H32N2O3S. The van der Waals surface area contributed by atoms with Gasteiger partial charge in [0.05, 0.1) is 5.75 Å². The molecule has 0 saturated carbocycles. The second-order valence-electron chi connectivity index (χ2n) is 7.69. The molecule has 1 amide bonds. The Morgan fingerprint density at radius 2 is 1.58 bits per heavy atom. The maximum absolute atomic E-state index is 12.5. The molecule has 0 aliphatic carbocycles. The number of hydrogen-bond donors (Lipinski definition) is 1. The van der Waals surface area contributed by atoms with Gasteiger partial charge >= 0.3 is 0 Å². The molecule has 0 spiro atoms. The lowest BCUT2D eigenvalue weighted by molar-refractivity contribution is -0.115. The molecule has 1 aliphatic rings. The zero-order chi connectivity index (χ0) is 19.3. The molecule has 0 radical (unpaired) electrons. The molecule has 6 heteroatoms. The van der Waals surface area contributed by atoms with Crippen LogP contribution in [0.2, 0.25) is 0 Å². The minimum Gasteiger partial charge on any atom is -0.326 e. The number of para-hydroxylation sites is 1. The van der Waals surface area contributed by atoms with Gasteiger partial charge in [0.15, 0.2) is 0 Å². The zero-order valence-corrected chi connectivity index (χ0v) is 17.2. The third-order valence-corrected chi connectivity index (χ3v) is 6.80. The van der Waals surface area contributed by atoms with Crippen molar-refractivity contribution in [1.82, 2.24) is 4.31 Å². The lowest BCUT2D eigenvalue weighted by Gasteiger charge is -2.26. The SMILES string of the molecule is CC(C)c1cccc(C(C)C)c1NC(=O)CCS(=O)(=O)N1CCCCC1. The predicted molar refractivity (Wildman–Crippen MR) is 107 cm³/mol. The minimum atomic E-state index is -3.35. The number of carbonyl (C=O) groups is 1. The molecule has 1 aliphatic heterocycles. The van der Waals surface area contributed by atoms with E-state index in [0.717, 1.165) is 36.1 Å². The van der Waals surface area contributed by atoms with E-state index < -0.39 is 10.0 Å². The average molecular weight is 381 g/mol. The van der Waals surface area contributed by atoms with Crippen LogP contribution in [0.15, 0.2) is 18.2 Å². The Bertz CT molecular complexity index is 694. The highest BCUT2D eigenvalue weighted by Crippen LogP contribution is 2.32. The summed E-state index contributed by atoms with van der Waals surface area (Å²) in [5.74, 6) is 0.197. The van der Waals surface area contributed by atoms with Gasteiger partial charge in [0.2, 0.25) is 15.9 Å². The Morgan fingerprint density at radius 3 is 2.08 bits per heavy atom. The maximum atomic E-state index is 12.5. The molecule has 1 fully saturated rings. The van der Waals surface area contributed by atoms with E-state index in [1.807, 2.05) is 18.2 Å². The van der Waals surface area contributed by atoms with Crippen molar-refractivity contribution in [3.8, 4) is 0 Å². The molecule has 0 unspecified atom stereocenters. The van der Waals surface area contributed by atoms with Crippen LogP contribution in [-0.4, -0.2) is 37.5 Å². The first-order valence-corrected chi connectivity index (χ1v) is 11.2. The lowest BCUT2D eigenvalue weighted by atomic mass is 9.92. The number of amides is 1. The smallest absolute Gasteiger partial charge is 0.225 e. The normalized spacial score (nSPS) is 16.2. The maximum Gasteiger partial charge on any atom is 0.225 e. The van der Waals surface area contributed by atoms with Gasteiger partial charge in [0.1, 0.15) is 0 Å². The molecule has 5 nitrogen and oxygen atoms in total. The van der Waals surface area contributed by atoms with Gasteiger partial charge in [-0.2, -0.15) is 0 Å². The van der Waals surface area contributed by atoms with Crippen molar-refractivity contribution in [2.75, 3.05) is 24.2 Å². The summed E-state index contributed by atoms with van der Waals surface area (Å²) in [7, 11) is -3.35. The van der Waals surface area contributed by atoms with Crippen LogP contribution >= 0.6 is 0 Å². The van der Waals surface area contributed by atoms with Crippen molar-refractivity contribution in [1.29, 1.82) is 0 Å². The highest BCUT2D eigenvalue weighted by Gasteiger charge is 2.25. The summed E-state index contributed by atoms with van der Waals surface area (Å²) >= 11 is 0. The summed E-state index contributed by atoms with van der Waals surface area (Å²) in [4.78, 5) is 12.5. The molecule has 1 N–H and O–H groups in total. The lowest BCUT2D eigenvalue weighted by Crippen LogP contribution is -2.38. The Hall–Kier alpha value is -1.40. The van der Waals surface area contributed by atoms with Crippen molar-refractivity contribution in [2.45, 2.75) is 65.2 Å². The minimum absolute atomic E-state index is 0.0111. The van der Waals surface area contributed by atoms with Gasteiger partial charge in [-0.1, -0.05) is 52.3 Å². The Kier molecular flexibility index (Phi) is 7.24. The topological polar surface area (TPSA) is 66.5 Å². The number of carbonyl (C=O) groups excluding carboxylic acids is 1. The van der Waals surface area contributed by atoms with Crippen molar-refractivity contribution < 1.29 is 13.2 Å². The predicted octanol–water partition coefficient (Wildman–Crippen LogP) is 4.08. The molecule has 26 heavy (non-hydrogen) atoms. The number of rotatable bonds is 7. The molecule has 0 atom stereocenters. The third-order valence-electron chi connectivity index (χ3n) is 4.93. The number of piperidine rings is 1. The fourth-order valence-corrected chi connectivity index (χ4v) is 4.91. The van der Waals surface area contributed by atoms with E-state index in [-0.39, 0.29) is 29.9 Å². The molecule has 2 rings (SSSR count). The molecular weight excluding hydrogens is 348 g/mol. The molecule has 0 aromatic heterocycles. The molecule has 146 valence electrons. The molecule has 1 heterocycles. The average Bonchev–Trinajstić information content (AvgIpc) is 2.60. The van der Waals surface area contributed by atoms with E-state index in [1.165, 1.54) is 4.31 Å². The third kappa shape index (κ3) is 5.30. The molecule has 1 saturated heterocycles. The summed E-state index contributed by atoms with van der Waals surface area (Å²) in [5.41, 5.74) is 3.02. The first kappa shape index (κ1) is 20.9. The van der Waals surface area contributed by atoms with Gasteiger partial charge in [0.25, 0.3) is 0 Å². The number of benzene rings is 1. The second-order valence-corrected chi connectivity index (χ2v) is 9.78. The number of anilines is 1. The number of sulfonamides is 1. The summed E-state index contributed by atoms with van der Waals surface area (Å²) in [6, 6.07) is 6.06. The van der Waals surface area contributed by atoms with Crippen LogP contribution < -0.4 is 5.32 Å². The van der Waals surface area contributed by atoms with Crippen molar-refractivity contribution in [2.24, 2.45) is 0 Å². The van der Waals surface area contributed by atoms with Gasteiger partial charge in [-0.05, 0) is 35.8 Å². The van der Waals surface area contributed by atoms with E-state index in [0.29, 0.717) is 13.1 Å². The standard InChI is InChI=1S/C20H32N2O3S/c1-15(2)17-9-8-10-18(16(3)4)20(17)21-19(23)11-14-26(24,25)22-12-6-5-7-13-22/h8-10,15-16H,5-7,11-14H2,1-4H3,(H,21,23). The summed E-state index contributed by atoms with van der Waals surface area (Å²) in [6.45, 7) is 9.53. The quantitative estimate of drug-likeness (QED) is 0.775. The summed E-state index contributed by atoms with van der Waals surface area (Å²) < 4.78 is 26.4. The van der Waals surface area contributed by atoms with Crippen molar-refractivity contribution in [3.05, 3.63) is 29.3 Å². The van der Waals surface area contributed by atoms with Crippen molar-refractivity contribution >= 4 is 21.6 Å². The van der Waals surface area contributed by atoms with Gasteiger partial charge < -0.3 is 5.32 Å². The summed E-state index contributed by atoms with van der Waals surface area (Å²) in [6.07, 6.45) is 2.88. The largest absolute Gasteiger partial charge is 0.326 e. The van der Waals surface area contributed by atoms with Crippen LogP contribution in [0.3, 0.4) is 0 Å². The number of hydrogen-bond acceptors (Lipinski definition) is 3. The fraction of sp³-hybridized carbons (Fsp3) is 0.650. The van der Waals surface area contributed by atoms with E-state index in [4.69, 9.17) is 0 Å². The Labute approximate surface area is 158 Å². The first-order valence-electron chi connectivity index (χ1n) is 9.63. The monoisotopic (exact) mass is 380 g/mol. The molecule has 1 aromatic carbocycles. The second kappa shape index (κ2) is 9.00. The van der Waals surface area contributed by atoms with E-state index >= 15 is 0 Å². The zero-order valence-electron chi connectivity index (χ0n) is 16.4. The van der Waals surface area contributed by atoms with Gasteiger partial charge in [-0.3, -0.25) is 4.79 Å². The van der Waals surface area contributed by atoms with Gasteiger partial charge in [-0.15, -0.1) is 0 Å². The van der Waals surface area contributed by atoms with Gasteiger partial charge in [-0.25, -0.2) is 12.7 Å². The van der Waals surface area contributed by atoms with Crippen LogP contribution in [0.25, 0.3) is 0 Å². The van der Waals surface area contributed by atoms with Gasteiger partial charge in [0, 0.05) is 25.2 Å². The van der Waals surface area contributed by atoms with Crippen LogP contribution in [-0.2, 0) is 14.8 Å². The van der Waals surface area contributed by atoms with E-state index in [1.54, 1.807) is 0 Å². The van der Waals surface area contributed by atoms with Crippen LogP contribution in [0.5, 0.6) is 0 Å². The highest BCUT2D eigenvalue weighted by molar-refractivity contribution is 7.89. The highest BCUT2D eigenvalue weighted by atomic mass is 32.2. The Balaban J connectivity index is 2.08.